The first-order valence-electron chi connectivity index (χ1n) is 6.18. The van der Waals surface area contributed by atoms with Gasteiger partial charge in [0.25, 0.3) is 0 Å². The summed E-state index contributed by atoms with van der Waals surface area (Å²) in [6.45, 7) is 4.44. The van der Waals surface area contributed by atoms with Crippen molar-refractivity contribution in [1.29, 1.82) is 0 Å². The number of hydrogen-bond donors (Lipinski definition) is 1. The van der Waals surface area contributed by atoms with Crippen LogP contribution in [0.5, 0.6) is 5.75 Å². The van der Waals surface area contributed by atoms with Gasteiger partial charge in [0.15, 0.2) is 0 Å². The number of carbonyl (C=O) groups is 1. The van der Waals surface area contributed by atoms with Gasteiger partial charge in [0.1, 0.15) is 5.75 Å². The predicted molar refractivity (Wildman–Crippen MR) is 68.1 cm³/mol. The molecule has 0 aromatic heterocycles. The van der Waals surface area contributed by atoms with Gasteiger partial charge in [-0.25, -0.2) is 0 Å². The molecule has 0 aliphatic carbocycles. The molecule has 1 fully saturated rings. The molecule has 0 saturated carbocycles. The van der Waals surface area contributed by atoms with Crippen LogP contribution in [0.25, 0.3) is 0 Å². The minimum Gasteiger partial charge on any atom is -0.508 e. The van der Waals surface area contributed by atoms with Gasteiger partial charge in [-0.2, -0.15) is 0 Å². The second kappa shape index (κ2) is 5.40. The van der Waals surface area contributed by atoms with E-state index in [9.17, 15) is 9.90 Å². The van der Waals surface area contributed by atoms with Gasteiger partial charge in [0, 0.05) is 19.6 Å². The predicted octanol–water partition coefficient (Wildman–Crippen LogP) is 1.63. The maximum Gasteiger partial charge on any atom is 0.310 e. The molecule has 2 unspecified atom stereocenters. The van der Waals surface area contributed by atoms with Crippen LogP contribution in [0.15, 0.2) is 24.3 Å². The normalized spacial score (nSPS) is 24.1. The molecular formula is C14H19NO3. The Bertz CT molecular complexity index is 433. The van der Waals surface area contributed by atoms with E-state index in [1.165, 1.54) is 7.11 Å². The van der Waals surface area contributed by atoms with Gasteiger partial charge in [0.2, 0.25) is 0 Å². The third-order valence-corrected chi connectivity index (χ3v) is 3.51. The van der Waals surface area contributed by atoms with E-state index in [-0.39, 0.29) is 17.6 Å². The highest BCUT2D eigenvalue weighted by molar-refractivity contribution is 5.73. The van der Waals surface area contributed by atoms with E-state index in [0.29, 0.717) is 5.92 Å². The highest BCUT2D eigenvalue weighted by Crippen LogP contribution is 2.26. The van der Waals surface area contributed by atoms with Crippen molar-refractivity contribution in [3.8, 4) is 5.75 Å². The molecule has 1 heterocycles. The summed E-state index contributed by atoms with van der Waals surface area (Å²) in [5, 5.41) is 9.42. The van der Waals surface area contributed by atoms with Gasteiger partial charge in [-0.05, 0) is 23.6 Å². The largest absolute Gasteiger partial charge is 0.508 e. The average Bonchev–Trinajstić information content (AvgIpc) is 2.69. The summed E-state index contributed by atoms with van der Waals surface area (Å²) in [4.78, 5) is 13.8. The third kappa shape index (κ3) is 2.82. The lowest BCUT2D eigenvalue weighted by atomic mass is 9.99. The number of benzene rings is 1. The van der Waals surface area contributed by atoms with Crippen LogP contribution in [0.2, 0.25) is 0 Å². The van der Waals surface area contributed by atoms with E-state index in [1.54, 1.807) is 12.1 Å². The number of rotatable bonds is 3. The molecule has 1 aliphatic rings. The fourth-order valence-electron chi connectivity index (χ4n) is 2.57. The van der Waals surface area contributed by atoms with Gasteiger partial charge in [-0.15, -0.1) is 0 Å². The standard InChI is InChI=1S/C14H19NO3/c1-10-7-15(9-13(10)14(17)18-2)8-11-4-3-5-12(16)6-11/h3-6,10,13,16H,7-9H2,1-2H3. The average molecular weight is 249 g/mol. The Morgan fingerprint density at radius 3 is 2.94 bits per heavy atom. The Kier molecular flexibility index (Phi) is 3.87. The minimum absolute atomic E-state index is 0.0349. The van der Waals surface area contributed by atoms with E-state index >= 15 is 0 Å². The lowest BCUT2D eigenvalue weighted by Crippen LogP contribution is -2.24. The lowest BCUT2D eigenvalue weighted by Gasteiger charge is -2.15. The van der Waals surface area contributed by atoms with Crippen LogP contribution in [-0.4, -0.2) is 36.2 Å². The molecule has 2 rings (SSSR count). The van der Waals surface area contributed by atoms with Crippen molar-refractivity contribution in [1.82, 2.24) is 4.90 Å². The summed E-state index contributed by atoms with van der Waals surface area (Å²) in [7, 11) is 1.44. The minimum atomic E-state index is -0.124. The van der Waals surface area contributed by atoms with Crippen LogP contribution in [0.4, 0.5) is 0 Å². The number of carbonyl (C=O) groups excluding carboxylic acids is 1. The van der Waals surface area contributed by atoms with Crippen molar-refractivity contribution in [3.05, 3.63) is 29.8 Å². The fraction of sp³-hybridized carbons (Fsp3) is 0.500. The molecule has 0 bridgehead atoms. The van der Waals surface area contributed by atoms with Crippen LogP contribution < -0.4 is 0 Å². The highest BCUT2D eigenvalue weighted by atomic mass is 16.5. The Morgan fingerprint density at radius 1 is 1.50 bits per heavy atom. The van der Waals surface area contributed by atoms with E-state index in [1.807, 2.05) is 12.1 Å². The molecule has 1 aliphatic heterocycles. The summed E-state index contributed by atoms with van der Waals surface area (Å²) >= 11 is 0. The summed E-state index contributed by atoms with van der Waals surface area (Å²) in [5.41, 5.74) is 1.06. The molecule has 0 amide bonds. The zero-order chi connectivity index (χ0) is 13.1. The van der Waals surface area contributed by atoms with Crippen LogP contribution in [0.3, 0.4) is 0 Å². The molecule has 4 heteroatoms. The quantitative estimate of drug-likeness (QED) is 0.827. The molecule has 2 atom stereocenters. The van der Waals surface area contributed by atoms with Gasteiger partial charge in [-0.1, -0.05) is 19.1 Å². The molecule has 0 spiro atoms. The number of phenols is 1. The molecular weight excluding hydrogens is 230 g/mol. The molecule has 1 saturated heterocycles. The molecule has 98 valence electrons. The number of methoxy groups -OCH3 is 1. The number of phenolic OH excluding ortho intramolecular Hbond substituents is 1. The number of likely N-dealkylation sites (tertiary alicyclic amines) is 1. The number of hydrogen-bond acceptors (Lipinski definition) is 4. The molecule has 1 aromatic carbocycles. The zero-order valence-corrected chi connectivity index (χ0v) is 10.8. The van der Waals surface area contributed by atoms with Gasteiger partial charge < -0.3 is 9.84 Å². The highest BCUT2D eigenvalue weighted by Gasteiger charge is 2.35. The number of aromatic hydroxyl groups is 1. The SMILES string of the molecule is COC(=O)C1CN(Cc2cccc(O)c2)CC1C. The maximum absolute atomic E-state index is 11.6. The summed E-state index contributed by atoms with van der Waals surface area (Å²) in [6, 6.07) is 7.24. The Morgan fingerprint density at radius 2 is 2.28 bits per heavy atom. The zero-order valence-electron chi connectivity index (χ0n) is 10.8. The Labute approximate surface area is 107 Å². The van der Waals surface area contributed by atoms with Gasteiger partial charge >= 0.3 is 5.97 Å². The lowest BCUT2D eigenvalue weighted by molar-refractivity contribution is -0.146. The van der Waals surface area contributed by atoms with Crippen molar-refractivity contribution in [2.24, 2.45) is 11.8 Å². The van der Waals surface area contributed by atoms with E-state index in [2.05, 4.69) is 11.8 Å². The maximum atomic E-state index is 11.6. The van der Waals surface area contributed by atoms with E-state index < -0.39 is 0 Å². The molecule has 1 N–H and O–H groups in total. The second-order valence-corrected chi connectivity index (χ2v) is 4.97. The van der Waals surface area contributed by atoms with Crippen LogP contribution >= 0.6 is 0 Å². The molecule has 18 heavy (non-hydrogen) atoms. The summed E-state index contributed by atoms with van der Waals surface area (Å²) in [5.74, 6) is 0.437. The second-order valence-electron chi connectivity index (χ2n) is 4.97. The first kappa shape index (κ1) is 12.9. The Balaban J connectivity index is 1.98. The molecule has 4 nitrogen and oxygen atoms in total. The molecule has 0 radical (unpaired) electrons. The van der Waals surface area contributed by atoms with Crippen LogP contribution in [0.1, 0.15) is 12.5 Å². The van der Waals surface area contributed by atoms with Crippen LogP contribution in [0, 0.1) is 11.8 Å². The van der Waals surface area contributed by atoms with Gasteiger partial charge in [0.05, 0.1) is 13.0 Å². The van der Waals surface area contributed by atoms with Crippen molar-refractivity contribution >= 4 is 5.97 Å². The topological polar surface area (TPSA) is 49.8 Å². The third-order valence-electron chi connectivity index (χ3n) is 3.51. The number of ether oxygens (including phenoxy) is 1. The molecule has 1 aromatic rings. The fourth-order valence-corrected chi connectivity index (χ4v) is 2.57. The van der Waals surface area contributed by atoms with Crippen molar-refractivity contribution in [2.45, 2.75) is 13.5 Å². The van der Waals surface area contributed by atoms with Crippen molar-refractivity contribution < 1.29 is 14.6 Å². The van der Waals surface area contributed by atoms with Crippen molar-refractivity contribution in [2.75, 3.05) is 20.2 Å². The van der Waals surface area contributed by atoms with E-state index in [4.69, 9.17) is 4.74 Å². The summed E-state index contributed by atoms with van der Waals surface area (Å²) < 4.78 is 4.82. The monoisotopic (exact) mass is 249 g/mol. The van der Waals surface area contributed by atoms with Crippen molar-refractivity contribution in [3.63, 3.8) is 0 Å². The Hall–Kier alpha value is -1.55. The van der Waals surface area contributed by atoms with E-state index in [0.717, 1.165) is 25.2 Å². The van der Waals surface area contributed by atoms with Crippen LogP contribution in [-0.2, 0) is 16.1 Å². The smallest absolute Gasteiger partial charge is 0.310 e. The number of nitrogens with zero attached hydrogens (tertiary/aromatic N) is 1. The first-order chi connectivity index (χ1) is 8.60. The summed E-state index contributed by atoms with van der Waals surface area (Å²) in [6.07, 6.45) is 0. The number of esters is 1. The first-order valence-corrected chi connectivity index (χ1v) is 6.18. The van der Waals surface area contributed by atoms with Gasteiger partial charge in [-0.3, -0.25) is 9.69 Å².